The van der Waals surface area contributed by atoms with E-state index < -0.39 is 0 Å². The van der Waals surface area contributed by atoms with Crippen LogP contribution in [0.1, 0.15) is 43.8 Å². The molecule has 2 aliphatic rings. The van der Waals surface area contributed by atoms with Crippen LogP contribution in [-0.4, -0.2) is 10.7 Å². The Morgan fingerprint density at radius 1 is 1.31 bits per heavy atom. The molecule has 1 fully saturated rings. The van der Waals surface area contributed by atoms with Gasteiger partial charge in [-0.15, -0.1) is 0 Å². The van der Waals surface area contributed by atoms with Crippen molar-refractivity contribution in [2.75, 3.05) is 0 Å². The summed E-state index contributed by atoms with van der Waals surface area (Å²) in [4.78, 5) is 0. The molecule has 0 bridgehead atoms. The van der Waals surface area contributed by atoms with Gasteiger partial charge in [0.15, 0.2) is 0 Å². The van der Waals surface area contributed by atoms with E-state index in [-0.39, 0.29) is 11.7 Å². The van der Waals surface area contributed by atoms with Gasteiger partial charge in [-0.25, -0.2) is 0 Å². The van der Waals surface area contributed by atoms with E-state index in [0.29, 0.717) is 0 Å². The summed E-state index contributed by atoms with van der Waals surface area (Å²) >= 11 is 3.43. The van der Waals surface area contributed by atoms with Crippen LogP contribution < -0.4 is 4.74 Å². The quantitative estimate of drug-likeness (QED) is 0.788. The highest BCUT2D eigenvalue weighted by Crippen LogP contribution is 2.47. The van der Waals surface area contributed by atoms with E-state index in [1.54, 1.807) is 0 Å². The average Bonchev–Trinajstić information content (AvgIpc) is 2.68. The molecule has 1 atom stereocenters. The lowest BCUT2D eigenvalue weighted by Gasteiger charge is -2.38. The monoisotopic (exact) mass is 282 g/mol. The molecule has 1 aromatic carbocycles. The van der Waals surface area contributed by atoms with Crippen molar-refractivity contribution < 1.29 is 9.84 Å². The van der Waals surface area contributed by atoms with Gasteiger partial charge >= 0.3 is 0 Å². The highest BCUT2D eigenvalue weighted by atomic mass is 79.9. The van der Waals surface area contributed by atoms with E-state index >= 15 is 0 Å². The third kappa shape index (κ3) is 1.66. The van der Waals surface area contributed by atoms with Crippen LogP contribution in [0, 0.1) is 0 Å². The van der Waals surface area contributed by atoms with Gasteiger partial charge in [0.05, 0.1) is 6.10 Å². The number of ether oxygens (including phenoxy) is 1. The molecule has 86 valence electrons. The van der Waals surface area contributed by atoms with Crippen molar-refractivity contribution in [3.63, 3.8) is 0 Å². The van der Waals surface area contributed by atoms with Crippen molar-refractivity contribution in [1.82, 2.24) is 0 Å². The molecule has 0 amide bonds. The minimum Gasteiger partial charge on any atom is -0.487 e. The Morgan fingerprint density at radius 3 is 2.81 bits per heavy atom. The van der Waals surface area contributed by atoms with Crippen LogP contribution >= 0.6 is 15.9 Å². The van der Waals surface area contributed by atoms with Gasteiger partial charge in [0.1, 0.15) is 11.4 Å². The van der Waals surface area contributed by atoms with Crippen molar-refractivity contribution in [3.05, 3.63) is 28.2 Å². The maximum atomic E-state index is 10.2. The number of fused-ring (bicyclic) bond motifs is 1. The van der Waals surface area contributed by atoms with Gasteiger partial charge < -0.3 is 9.84 Å². The third-order valence-corrected chi connectivity index (χ3v) is 4.23. The Labute approximate surface area is 104 Å². The second-order valence-electron chi connectivity index (χ2n) is 4.89. The molecule has 0 saturated heterocycles. The van der Waals surface area contributed by atoms with Crippen LogP contribution in [-0.2, 0) is 0 Å². The second kappa shape index (κ2) is 3.74. The lowest BCUT2D eigenvalue weighted by atomic mass is 9.87. The van der Waals surface area contributed by atoms with Gasteiger partial charge in [0.2, 0.25) is 0 Å². The number of hydrogen-bond donors (Lipinski definition) is 1. The smallest absolute Gasteiger partial charge is 0.126 e. The zero-order valence-electron chi connectivity index (χ0n) is 9.08. The summed E-state index contributed by atoms with van der Waals surface area (Å²) in [6.07, 6.45) is 4.98. The summed E-state index contributed by atoms with van der Waals surface area (Å²) in [5.74, 6) is 0.865. The number of benzene rings is 1. The molecule has 1 aromatic rings. The topological polar surface area (TPSA) is 29.5 Å². The van der Waals surface area contributed by atoms with Gasteiger partial charge in [-0.05, 0) is 43.9 Å². The highest BCUT2D eigenvalue weighted by molar-refractivity contribution is 9.10. The molecule has 3 heteroatoms. The molecule has 3 rings (SSSR count). The Bertz CT molecular complexity index is 410. The summed E-state index contributed by atoms with van der Waals surface area (Å²) in [7, 11) is 0. The lowest BCUT2D eigenvalue weighted by Crippen LogP contribution is -2.38. The molecule has 0 radical (unpaired) electrons. The first kappa shape index (κ1) is 10.6. The number of rotatable bonds is 0. The van der Waals surface area contributed by atoms with Gasteiger partial charge in [-0.1, -0.05) is 15.9 Å². The minimum absolute atomic E-state index is 0.0831. The Morgan fingerprint density at radius 2 is 2.06 bits per heavy atom. The molecule has 0 aromatic heterocycles. The molecular formula is C13H15BrO2. The largest absolute Gasteiger partial charge is 0.487 e. The molecule has 1 aliphatic carbocycles. The standard InChI is InChI=1S/C13H15BrO2/c14-9-3-4-12-10(7-9)11(15)8-13(16-12)5-1-2-6-13/h3-4,7,11,15H,1-2,5-6,8H2/t11-/m1/s1. The van der Waals surface area contributed by atoms with E-state index in [2.05, 4.69) is 15.9 Å². The number of aliphatic hydroxyl groups excluding tert-OH is 1. The number of halogens is 1. The van der Waals surface area contributed by atoms with E-state index in [0.717, 1.165) is 35.0 Å². The van der Waals surface area contributed by atoms with Crippen LogP contribution in [0.2, 0.25) is 0 Å². The maximum absolute atomic E-state index is 10.2. The van der Waals surface area contributed by atoms with Crippen molar-refractivity contribution >= 4 is 15.9 Å². The van der Waals surface area contributed by atoms with Crippen LogP contribution in [0.25, 0.3) is 0 Å². The molecular weight excluding hydrogens is 268 g/mol. The molecule has 1 spiro atoms. The Kier molecular flexibility index (Phi) is 2.48. The zero-order valence-corrected chi connectivity index (χ0v) is 10.7. The van der Waals surface area contributed by atoms with Crippen LogP contribution in [0.5, 0.6) is 5.75 Å². The number of aliphatic hydroxyl groups is 1. The Balaban J connectivity index is 1.99. The normalized spacial score (nSPS) is 26.5. The lowest BCUT2D eigenvalue weighted by molar-refractivity contribution is -0.00941. The summed E-state index contributed by atoms with van der Waals surface area (Å²) in [5.41, 5.74) is 0.840. The first-order chi connectivity index (χ1) is 7.69. The average molecular weight is 283 g/mol. The molecule has 1 N–H and O–H groups in total. The Hall–Kier alpha value is -0.540. The first-order valence-electron chi connectivity index (χ1n) is 5.85. The summed E-state index contributed by atoms with van der Waals surface area (Å²) in [6, 6.07) is 5.89. The highest BCUT2D eigenvalue weighted by Gasteiger charge is 2.42. The summed E-state index contributed by atoms with van der Waals surface area (Å²) < 4.78 is 7.12. The van der Waals surface area contributed by atoms with Gasteiger partial charge in [-0.2, -0.15) is 0 Å². The maximum Gasteiger partial charge on any atom is 0.126 e. The molecule has 0 unspecified atom stereocenters. The van der Waals surface area contributed by atoms with Crippen LogP contribution in [0.4, 0.5) is 0 Å². The molecule has 16 heavy (non-hydrogen) atoms. The fourth-order valence-electron chi connectivity index (χ4n) is 2.94. The molecule has 2 nitrogen and oxygen atoms in total. The van der Waals surface area contributed by atoms with Crippen molar-refractivity contribution in [2.45, 2.75) is 43.8 Å². The predicted octanol–water partition coefficient (Wildman–Crippen LogP) is 3.58. The van der Waals surface area contributed by atoms with Crippen LogP contribution in [0.15, 0.2) is 22.7 Å². The fourth-order valence-corrected chi connectivity index (χ4v) is 3.31. The third-order valence-electron chi connectivity index (χ3n) is 3.74. The van der Waals surface area contributed by atoms with Crippen LogP contribution in [0.3, 0.4) is 0 Å². The van der Waals surface area contributed by atoms with E-state index in [1.807, 2.05) is 18.2 Å². The van der Waals surface area contributed by atoms with Crippen molar-refractivity contribution in [2.24, 2.45) is 0 Å². The summed E-state index contributed by atoms with van der Waals surface area (Å²) in [6.45, 7) is 0. The SMILES string of the molecule is O[C@@H]1CC2(CCCC2)Oc2ccc(Br)cc21. The van der Waals surface area contributed by atoms with Crippen molar-refractivity contribution in [1.29, 1.82) is 0 Å². The van der Waals surface area contributed by atoms with E-state index in [9.17, 15) is 5.11 Å². The minimum atomic E-state index is -0.376. The zero-order chi connectivity index (χ0) is 11.2. The van der Waals surface area contributed by atoms with E-state index in [1.165, 1.54) is 12.8 Å². The van der Waals surface area contributed by atoms with Gasteiger partial charge in [-0.3, -0.25) is 0 Å². The second-order valence-corrected chi connectivity index (χ2v) is 5.81. The number of hydrogen-bond acceptors (Lipinski definition) is 2. The first-order valence-corrected chi connectivity index (χ1v) is 6.64. The van der Waals surface area contributed by atoms with E-state index in [4.69, 9.17) is 4.74 Å². The predicted molar refractivity (Wildman–Crippen MR) is 65.5 cm³/mol. The molecule has 1 saturated carbocycles. The molecule has 1 aliphatic heterocycles. The van der Waals surface area contributed by atoms with Gasteiger partial charge in [0, 0.05) is 16.5 Å². The summed E-state index contributed by atoms with van der Waals surface area (Å²) in [5, 5.41) is 10.2. The fraction of sp³-hybridized carbons (Fsp3) is 0.538. The van der Waals surface area contributed by atoms with Gasteiger partial charge in [0.25, 0.3) is 0 Å². The van der Waals surface area contributed by atoms with Crippen molar-refractivity contribution in [3.8, 4) is 5.75 Å². The molecule has 1 heterocycles.